The van der Waals surface area contributed by atoms with Crippen LogP contribution in [0.5, 0.6) is 0 Å². The van der Waals surface area contributed by atoms with E-state index in [9.17, 15) is 0 Å². The van der Waals surface area contributed by atoms with Gasteiger partial charge in [-0.2, -0.15) is 0 Å². The lowest BCUT2D eigenvalue weighted by Gasteiger charge is -2.20. The molecule has 1 aromatic heterocycles. The molecule has 0 saturated heterocycles. The number of nitrogens with zero attached hydrogens (tertiary/aromatic N) is 2. The minimum atomic E-state index is 0.172. The molecule has 0 amide bonds. The highest BCUT2D eigenvalue weighted by Crippen LogP contribution is 2.38. The van der Waals surface area contributed by atoms with Gasteiger partial charge in [-0.1, -0.05) is 31.4 Å². The van der Waals surface area contributed by atoms with E-state index in [-0.39, 0.29) is 5.41 Å². The first-order valence-corrected chi connectivity index (χ1v) is 5.08. The Labute approximate surface area is 83.4 Å². The molecule has 0 radical (unpaired) electrons. The highest BCUT2D eigenvalue weighted by atomic mass is 35.5. The molecule has 2 nitrogen and oxygen atoms in total. The standard InChI is InChI=1S/C10H13ClN2/c1-10(5-2-3-6-10)9-12-7-4-8(11)13-9/h4,7H,2-3,5-6H2,1H3. The molecule has 1 aliphatic carbocycles. The maximum atomic E-state index is 5.83. The largest absolute Gasteiger partial charge is 0.241 e. The lowest BCUT2D eigenvalue weighted by molar-refractivity contribution is 0.458. The van der Waals surface area contributed by atoms with Crippen molar-refractivity contribution in [3.8, 4) is 0 Å². The van der Waals surface area contributed by atoms with Crippen molar-refractivity contribution < 1.29 is 0 Å². The van der Waals surface area contributed by atoms with E-state index < -0.39 is 0 Å². The van der Waals surface area contributed by atoms with E-state index in [4.69, 9.17) is 11.6 Å². The van der Waals surface area contributed by atoms with Crippen molar-refractivity contribution in [1.29, 1.82) is 0 Å². The Bertz CT molecular complexity index is 306. The number of rotatable bonds is 1. The zero-order chi connectivity index (χ0) is 9.31. The Hall–Kier alpha value is -0.630. The summed E-state index contributed by atoms with van der Waals surface area (Å²) in [5.41, 5.74) is 0.172. The van der Waals surface area contributed by atoms with Gasteiger partial charge < -0.3 is 0 Å². The molecule has 0 aliphatic heterocycles. The zero-order valence-corrected chi connectivity index (χ0v) is 8.51. The molecule has 13 heavy (non-hydrogen) atoms. The summed E-state index contributed by atoms with van der Waals surface area (Å²) in [5.74, 6) is 0.914. The van der Waals surface area contributed by atoms with Gasteiger partial charge in [0.15, 0.2) is 0 Å². The first kappa shape index (κ1) is 8.95. The third-order valence-corrected chi connectivity index (χ3v) is 3.08. The van der Waals surface area contributed by atoms with E-state index >= 15 is 0 Å². The third kappa shape index (κ3) is 1.68. The van der Waals surface area contributed by atoms with E-state index in [1.807, 2.05) is 0 Å². The van der Waals surface area contributed by atoms with Gasteiger partial charge in [-0.05, 0) is 18.9 Å². The molecule has 1 aliphatic rings. The molecule has 3 heteroatoms. The zero-order valence-electron chi connectivity index (χ0n) is 7.76. The van der Waals surface area contributed by atoms with E-state index in [1.165, 1.54) is 25.7 Å². The molecule has 0 N–H and O–H groups in total. The van der Waals surface area contributed by atoms with Gasteiger partial charge in [-0.15, -0.1) is 0 Å². The van der Waals surface area contributed by atoms with Gasteiger partial charge in [-0.25, -0.2) is 9.97 Å². The van der Waals surface area contributed by atoms with Crippen molar-refractivity contribution in [2.45, 2.75) is 38.0 Å². The normalized spacial score (nSPS) is 20.5. The van der Waals surface area contributed by atoms with E-state index in [0.717, 1.165) is 5.82 Å². The fourth-order valence-corrected chi connectivity index (χ4v) is 2.14. The van der Waals surface area contributed by atoms with Crippen LogP contribution in [-0.4, -0.2) is 9.97 Å². The fraction of sp³-hybridized carbons (Fsp3) is 0.600. The van der Waals surface area contributed by atoms with Crippen molar-refractivity contribution >= 4 is 11.6 Å². The van der Waals surface area contributed by atoms with Gasteiger partial charge in [0.25, 0.3) is 0 Å². The van der Waals surface area contributed by atoms with Gasteiger partial charge in [0.2, 0.25) is 0 Å². The predicted molar refractivity (Wildman–Crippen MR) is 52.9 cm³/mol. The summed E-state index contributed by atoms with van der Waals surface area (Å²) in [5, 5.41) is 0.554. The fourth-order valence-electron chi connectivity index (χ4n) is 2.01. The van der Waals surface area contributed by atoms with Crippen LogP contribution in [0.3, 0.4) is 0 Å². The van der Waals surface area contributed by atoms with Crippen LogP contribution in [0.4, 0.5) is 0 Å². The Morgan fingerprint density at radius 1 is 1.38 bits per heavy atom. The maximum absolute atomic E-state index is 5.83. The van der Waals surface area contributed by atoms with Crippen LogP contribution in [0.2, 0.25) is 5.15 Å². The van der Waals surface area contributed by atoms with Crippen molar-refractivity contribution in [1.82, 2.24) is 9.97 Å². The smallest absolute Gasteiger partial charge is 0.135 e. The van der Waals surface area contributed by atoms with Crippen LogP contribution in [0.1, 0.15) is 38.4 Å². The molecule has 0 spiro atoms. The molecule has 70 valence electrons. The summed E-state index contributed by atoms with van der Waals surface area (Å²) in [6.45, 7) is 2.23. The minimum Gasteiger partial charge on any atom is -0.241 e. The Morgan fingerprint density at radius 2 is 2.08 bits per heavy atom. The molecule has 1 saturated carbocycles. The van der Waals surface area contributed by atoms with Crippen LogP contribution >= 0.6 is 11.6 Å². The van der Waals surface area contributed by atoms with Crippen LogP contribution in [0.15, 0.2) is 12.3 Å². The van der Waals surface area contributed by atoms with Crippen molar-refractivity contribution in [3.63, 3.8) is 0 Å². The van der Waals surface area contributed by atoms with Crippen LogP contribution in [0, 0.1) is 0 Å². The Morgan fingerprint density at radius 3 is 2.69 bits per heavy atom. The molecular weight excluding hydrogens is 184 g/mol. The SMILES string of the molecule is CC1(c2nccc(Cl)n2)CCCC1. The van der Waals surface area contributed by atoms with E-state index in [0.29, 0.717) is 5.15 Å². The summed E-state index contributed by atoms with van der Waals surface area (Å²) in [4.78, 5) is 8.58. The minimum absolute atomic E-state index is 0.172. The predicted octanol–water partition coefficient (Wildman–Crippen LogP) is 2.96. The second kappa shape index (κ2) is 3.26. The van der Waals surface area contributed by atoms with Gasteiger partial charge >= 0.3 is 0 Å². The van der Waals surface area contributed by atoms with Crippen molar-refractivity contribution in [3.05, 3.63) is 23.2 Å². The molecular formula is C10H13ClN2. The molecule has 0 bridgehead atoms. The number of hydrogen-bond acceptors (Lipinski definition) is 2. The summed E-state index contributed by atoms with van der Waals surface area (Å²) in [7, 11) is 0. The van der Waals surface area contributed by atoms with Gasteiger partial charge in [0.05, 0.1) is 0 Å². The highest BCUT2D eigenvalue weighted by molar-refractivity contribution is 6.29. The van der Waals surface area contributed by atoms with E-state index in [2.05, 4.69) is 16.9 Å². The van der Waals surface area contributed by atoms with Gasteiger partial charge in [-0.3, -0.25) is 0 Å². The molecule has 0 atom stereocenters. The summed E-state index contributed by atoms with van der Waals surface area (Å²) in [6.07, 6.45) is 6.69. The number of halogens is 1. The quantitative estimate of drug-likeness (QED) is 0.646. The maximum Gasteiger partial charge on any atom is 0.135 e. The average Bonchev–Trinajstić information content (AvgIpc) is 2.54. The molecule has 2 rings (SSSR count). The van der Waals surface area contributed by atoms with Crippen molar-refractivity contribution in [2.75, 3.05) is 0 Å². The topological polar surface area (TPSA) is 25.8 Å². The van der Waals surface area contributed by atoms with Gasteiger partial charge in [0.1, 0.15) is 11.0 Å². The second-order valence-corrected chi connectivity index (χ2v) is 4.36. The molecule has 1 fully saturated rings. The Balaban J connectivity index is 2.33. The lowest BCUT2D eigenvalue weighted by atomic mass is 9.88. The second-order valence-electron chi connectivity index (χ2n) is 3.97. The van der Waals surface area contributed by atoms with Crippen LogP contribution in [0.25, 0.3) is 0 Å². The monoisotopic (exact) mass is 196 g/mol. The number of hydrogen-bond donors (Lipinski definition) is 0. The molecule has 0 aromatic carbocycles. The summed E-state index contributed by atoms with van der Waals surface area (Å²) >= 11 is 5.83. The third-order valence-electron chi connectivity index (χ3n) is 2.87. The van der Waals surface area contributed by atoms with Crippen LogP contribution < -0.4 is 0 Å². The Kier molecular flexibility index (Phi) is 2.24. The molecule has 1 heterocycles. The highest BCUT2D eigenvalue weighted by Gasteiger charge is 2.33. The van der Waals surface area contributed by atoms with E-state index in [1.54, 1.807) is 12.3 Å². The molecule has 0 unspecified atom stereocenters. The molecule has 1 aromatic rings. The first-order chi connectivity index (χ1) is 6.21. The van der Waals surface area contributed by atoms with Crippen molar-refractivity contribution in [2.24, 2.45) is 0 Å². The lowest BCUT2D eigenvalue weighted by Crippen LogP contribution is -2.20. The van der Waals surface area contributed by atoms with Gasteiger partial charge in [0, 0.05) is 11.6 Å². The number of aromatic nitrogens is 2. The summed E-state index contributed by atoms with van der Waals surface area (Å²) < 4.78 is 0. The van der Waals surface area contributed by atoms with Crippen LogP contribution in [-0.2, 0) is 5.41 Å². The summed E-state index contributed by atoms with van der Waals surface area (Å²) in [6, 6.07) is 1.73. The average molecular weight is 197 g/mol. The first-order valence-electron chi connectivity index (χ1n) is 4.70.